The van der Waals surface area contributed by atoms with Gasteiger partial charge >= 0.3 is 0 Å². The van der Waals surface area contributed by atoms with Gasteiger partial charge in [0.05, 0.1) is 0 Å². The molecule has 2 rings (SSSR count). The van der Waals surface area contributed by atoms with Crippen LogP contribution in [-0.4, -0.2) is 18.9 Å². The van der Waals surface area contributed by atoms with Gasteiger partial charge in [-0.3, -0.25) is 4.79 Å². The predicted molar refractivity (Wildman–Crippen MR) is 65.5 cm³/mol. The molecule has 3 heteroatoms. The standard InChI is InChI=1S/C14H18FNO/c1-16-13-8-4-11(5-9-13)14(17)10-2-6-12(15)7-3-10/h2-3,6-7,11,13,16H,4-5,8-9H2,1H3. The van der Waals surface area contributed by atoms with Gasteiger partial charge in [0, 0.05) is 17.5 Å². The number of hydrogen-bond donors (Lipinski definition) is 1. The van der Waals surface area contributed by atoms with Gasteiger partial charge in [0.2, 0.25) is 0 Å². The van der Waals surface area contributed by atoms with Gasteiger partial charge in [-0.25, -0.2) is 4.39 Å². The first-order valence-corrected chi connectivity index (χ1v) is 6.17. The van der Waals surface area contributed by atoms with Gasteiger partial charge in [-0.15, -0.1) is 0 Å². The maximum atomic E-state index is 12.8. The Hall–Kier alpha value is -1.22. The van der Waals surface area contributed by atoms with Crippen LogP contribution >= 0.6 is 0 Å². The highest BCUT2D eigenvalue weighted by Gasteiger charge is 2.26. The number of rotatable bonds is 3. The third-order valence-electron chi connectivity index (χ3n) is 3.63. The summed E-state index contributed by atoms with van der Waals surface area (Å²) in [5.74, 6) is -0.00921. The van der Waals surface area contributed by atoms with Crippen molar-refractivity contribution in [2.45, 2.75) is 31.7 Å². The number of carbonyl (C=O) groups excluding carboxylic acids is 1. The summed E-state index contributed by atoms with van der Waals surface area (Å²) in [7, 11) is 1.97. The third-order valence-corrected chi connectivity index (χ3v) is 3.63. The molecule has 0 radical (unpaired) electrons. The summed E-state index contributed by atoms with van der Waals surface area (Å²) in [5.41, 5.74) is 0.638. The molecular weight excluding hydrogens is 217 g/mol. The molecule has 0 aromatic heterocycles. The molecule has 1 saturated carbocycles. The lowest BCUT2D eigenvalue weighted by atomic mass is 9.81. The van der Waals surface area contributed by atoms with Crippen LogP contribution in [-0.2, 0) is 0 Å². The van der Waals surface area contributed by atoms with E-state index in [1.54, 1.807) is 12.1 Å². The van der Waals surface area contributed by atoms with Crippen molar-refractivity contribution in [3.63, 3.8) is 0 Å². The summed E-state index contributed by atoms with van der Waals surface area (Å²) in [5, 5.41) is 3.25. The number of benzene rings is 1. The fourth-order valence-corrected chi connectivity index (χ4v) is 2.49. The lowest BCUT2D eigenvalue weighted by molar-refractivity contribution is 0.0881. The number of nitrogens with one attached hydrogen (secondary N) is 1. The van der Waals surface area contributed by atoms with E-state index in [9.17, 15) is 9.18 Å². The van der Waals surface area contributed by atoms with E-state index in [0.717, 1.165) is 25.7 Å². The summed E-state index contributed by atoms with van der Waals surface area (Å²) in [6.07, 6.45) is 3.96. The molecule has 0 atom stereocenters. The lowest BCUT2D eigenvalue weighted by Gasteiger charge is -2.27. The Kier molecular flexibility index (Phi) is 3.89. The number of Topliss-reactive ketones (excluding diaryl/α,β-unsaturated/α-hetero) is 1. The lowest BCUT2D eigenvalue weighted by Crippen LogP contribution is -2.32. The monoisotopic (exact) mass is 235 g/mol. The topological polar surface area (TPSA) is 29.1 Å². The smallest absolute Gasteiger partial charge is 0.165 e. The quantitative estimate of drug-likeness (QED) is 0.816. The van der Waals surface area contributed by atoms with Crippen LogP contribution < -0.4 is 5.32 Å². The van der Waals surface area contributed by atoms with Crippen molar-refractivity contribution in [3.05, 3.63) is 35.6 Å². The fourth-order valence-electron chi connectivity index (χ4n) is 2.49. The molecule has 0 spiro atoms. The van der Waals surface area contributed by atoms with Gasteiger partial charge in [0.25, 0.3) is 0 Å². The van der Waals surface area contributed by atoms with E-state index in [1.807, 2.05) is 7.05 Å². The Balaban J connectivity index is 1.99. The van der Waals surface area contributed by atoms with Gasteiger partial charge in [0.1, 0.15) is 5.82 Å². The van der Waals surface area contributed by atoms with Crippen molar-refractivity contribution >= 4 is 5.78 Å². The van der Waals surface area contributed by atoms with Crippen molar-refractivity contribution in [2.24, 2.45) is 5.92 Å². The van der Waals surface area contributed by atoms with Gasteiger partial charge in [-0.05, 0) is 57.0 Å². The number of halogens is 1. The van der Waals surface area contributed by atoms with Gasteiger partial charge in [-0.2, -0.15) is 0 Å². The molecule has 2 nitrogen and oxygen atoms in total. The van der Waals surface area contributed by atoms with Crippen molar-refractivity contribution in [3.8, 4) is 0 Å². The van der Waals surface area contributed by atoms with Crippen LogP contribution in [0.5, 0.6) is 0 Å². The van der Waals surface area contributed by atoms with E-state index in [4.69, 9.17) is 0 Å². The summed E-state index contributed by atoms with van der Waals surface area (Å²) in [6.45, 7) is 0. The summed E-state index contributed by atoms with van der Waals surface area (Å²) < 4.78 is 12.8. The molecule has 1 N–H and O–H groups in total. The molecule has 0 aliphatic heterocycles. The first-order chi connectivity index (χ1) is 8.20. The second-order valence-corrected chi connectivity index (χ2v) is 4.71. The number of carbonyl (C=O) groups is 1. The summed E-state index contributed by atoms with van der Waals surface area (Å²) in [4.78, 5) is 12.2. The molecule has 0 heterocycles. The predicted octanol–water partition coefficient (Wildman–Crippen LogP) is 2.79. The molecule has 0 unspecified atom stereocenters. The first-order valence-electron chi connectivity index (χ1n) is 6.17. The molecule has 92 valence electrons. The maximum Gasteiger partial charge on any atom is 0.165 e. The molecule has 0 amide bonds. The van der Waals surface area contributed by atoms with Crippen molar-refractivity contribution < 1.29 is 9.18 Å². The first kappa shape index (κ1) is 12.2. The van der Waals surface area contributed by atoms with Crippen LogP contribution in [0.2, 0.25) is 0 Å². The zero-order chi connectivity index (χ0) is 12.3. The molecule has 1 aliphatic rings. The molecule has 0 saturated heterocycles. The van der Waals surface area contributed by atoms with Crippen LogP contribution in [0.4, 0.5) is 4.39 Å². The highest BCUT2D eigenvalue weighted by molar-refractivity contribution is 5.97. The van der Waals surface area contributed by atoms with Crippen molar-refractivity contribution in [1.82, 2.24) is 5.32 Å². The SMILES string of the molecule is CNC1CCC(C(=O)c2ccc(F)cc2)CC1. The molecule has 1 aliphatic carbocycles. The Morgan fingerprint density at radius 1 is 1.18 bits per heavy atom. The number of hydrogen-bond acceptors (Lipinski definition) is 2. The van der Waals surface area contributed by atoms with E-state index >= 15 is 0 Å². The fraction of sp³-hybridized carbons (Fsp3) is 0.500. The highest BCUT2D eigenvalue weighted by atomic mass is 19.1. The van der Waals surface area contributed by atoms with Crippen molar-refractivity contribution in [1.29, 1.82) is 0 Å². The zero-order valence-electron chi connectivity index (χ0n) is 10.1. The minimum atomic E-state index is -0.291. The Morgan fingerprint density at radius 3 is 2.29 bits per heavy atom. The van der Waals surface area contributed by atoms with Crippen LogP contribution in [0.3, 0.4) is 0 Å². The maximum absolute atomic E-state index is 12.8. The summed E-state index contributed by atoms with van der Waals surface area (Å²) >= 11 is 0. The van der Waals surface area contributed by atoms with Crippen LogP contribution in [0.1, 0.15) is 36.0 Å². The molecule has 1 fully saturated rings. The molecule has 1 aromatic carbocycles. The summed E-state index contributed by atoms with van der Waals surface area (Å²) in [6, 6.07) is 6.43. The van der Waals surface area contributed by atoms with E-state index in [2.05, 4.69) is 5.32 Å². The van der Waals surface area contributed by atoms with E-state index < -0.39 is 0 Å². The van der Waals surface area contributed by atoms with E-state index in [0.29, 0.717) is 11.6 Å². The molecule has 1 aromatic rings. The number of ketones is 1. The Labute approximate surface area is 101 Å². The minimum Gasteiger partial charge on any atom is -0.317 e. The van der Waals surface area contributed by atoms with E-state index in [1.165, 1.54) is 12.1 Å². The largest absolute Gasteiger partial charge is 0.317 e. The third kappa shape index (κ3) is 2.91. The van der Waals surface area contributed by atoms with Crippen molar-refractivity contribution in [2.75, 3.05) is 7.05 Å². The zero-order valence-corrected chi connectivity index (χ0v) is 10.1. The molecular formula is C14H18FNO. The molecule has 0 bridgehead atoms. The highest BCUT2D eigenvalue weighted by Crippen LogP contribution is 2.27. The minimum absolute atomic E-state index is 0.116. The van der Waals surface area contributed by atoms with Gasteiger partial charge in [-0.1, -0.05) is 0 Å². The van der Waals surface area contributed by atoms with Crippen LogP contribution in [0.25, 0.3) is 0 Å². The van der Waals surface area contributed by atoms with Gasteiger partial charge in [0.15, 0.2) is 5.78 Å². The second-order valence-electron chi connectivity index (χ2n) is 4.71. The van der Waals surface area contributed by atoms with Crippen LogP contribution in [0, 0.1) is 11.7 Å². The Morgan fingerprint density at radius 2 is 1.76 bits per heavy atom. The van der Waals surface area contributed by atoms with Gasteiger partial charge < -0.3 is 5.32 Å². The Bertz CT molecular complexity index is 380. The van der Waals surface area contributed by atoms with Crippen LogP contribution in [0.15, 0.2) is 24.3 Å². The second kappa shape index (κ2) is 5.41. The average Bonchev–Trinajstić information content (AvgIpc) is 2.39. The average molecular weight is 235 g/mol. The normalized spacial score (nSPS) is 24.6. The van der Waals surface area contributed by atoms with E-state index in [-0.39, 0.29) is 17.5 Å². The molecule has 17 heavy (non-hydrogen) atoms.